The highest BCUT2D eigenvalue weighted by Crippen LogP contribution is 2.51. The summed E-state index contributed by atoms with van der Waals surface area (Å²) >= 11 is 0. The van der Waals surface area contributed by atoms with E-state index in [4.69, 9.17) is 5.73 Å². The lowest BCUT2D eigenvalue weighted by molar-refractivity contribution is -0.181. The van der Waals surface area contributed by atoms with E-state index in [2.05, 4.69) is 0 Å². The van der Waals surface area contributed by atoms with Crippen LogP contribution >= 0.6 is 0 Å². The maximum absolute atomic E-state index is 15.2. The number of Topliss-reactive ketones (excluding diaryl/α,β-unsaturated/α-hetero) is 4. The van der Waals surface area contributed by atoms with Crippen LogP contribution in [0.25, 0.3) is 0 Å². The first-order valence-electron chi connectivity index (χ1n) is 12.3. The molecule has 2 fully saturated rings. The van der Waals surface area contributed by atoms with Crippen molar-refractivity contribution in [1.82, 2.24) is 9.80 Å². The number of likely N-dealkylation sites (N-methyl/N-ethyl adjacent to an activating group) is 1. The van der Waals surface area contributed by atoms with Crippen LogP contribution in [0, 0.1) is 29.5 Å². The number of halogens is 1. The minimum absolute atomic E-state index is 0.0248. The fourth-order valence-electron chi connectivity index (χ4n) is 6.45. The molecule has 2 unspecified atom stereocenters. The minimum Gasteiger partial charge on any atom is -0.507 e. The van der Waals surface area contributed by atoms with Crippen LogP contribution in [-0.4, -0.2) is 95.4 Å². The van der Waals surface area contributed by atoms with Crippen LogP contribution < -0.4 is 5.73 Å². The molecule has 0 heterocycles. The Balaban J connectivity index is 1.79. The molecule has 0 aliphatic heterocycles. The van der Waals surface area contributed by atoms with Gasteiger partial charge in [0.25, 0.3) is 0 Å². The fraction of sp³-hybridized carbons (Fsp3) is 0.577. The highest BCUT2D eigenvalue weighted by molar-refractivity contribution is 6.32. The van der Waals surface area contributed by atoms with Gasteiger partial charge < -0.3 is 20.8 Å². The first-order chi connectivity index (χ1) is 17.2. The summed E-state index contributed by atoms with van der Waals surface area (Å²) in [6.07, 6.45) is 0.668. The van der Waals surface area contributed by atoms with E-state index in [-0.39, 0.29) is 29.5 Å². The molecule has 0 radical (unpaired) electrons. The summed E-state index contributed by atoms with van der Waals surface area (Å²) in [5.74, 6) is -12.2. The molecule has 4 rings (SSSR count). The largest absolute Gasteiger partial charge is 0.507 e. The molecule has 37 heavy (non-hydrogen) atoms. The molecule has 6 atom stereocenters. The topological polar surface area (TPSA) is 158 Å². The molecule has 0 spiro atoms. The SMILES string of the molecule is CN(C)CCCc1cc(F)c2c(c1O)C(=O)C1C(=O)[C@]3(O)C(=O)C(C(N)=O)C(=O)[C@@H](N(C)C)[C@@H]3C[C@@H]1C2. The molecular formula is C26H32FN3O7. The third kappa shape index (κ3) is 4.00. The first-order valence-corrected chi connectivity index (χ1v) is 12.3. The van der Waals surface area contributed by atoms with E-state index in [1.807, 2.05) is 19.0 Å². The van der Waals surface area contributed by atoms with E-state index in [1.54, 1.807) is 0 Å². The molecule has 200 valence electrons. The molecule has 3 aliphatic carbocycles. The van der Waals surface area contributed by atoms with Gasteiger partial charge in [-0.3, -0.25) is 28.9 Å². The normalized spacial score (nSPS) is 31.4. The number of aromatic hydroxyl groups is 1. The highest BCUT2D eigenvalue weighted by atomic mass is 19.1. The molecule has 0 aromatic heterocycles. The fourth-order valence-corrected chi connectivity index (χ4v) is 6.45. The molecule has 1 aromatic carbocycles. The lowest BCUT2D eigenvalue weighted by Gasteiger charge is -2.52. The molecule has 0 bridgehead atoms. The van der Waals surface area contributed by atoms with Crippen molar-refractivity contribution in [3.05, 3.63) is 28.6 Å². The number of carbonyl (C=O) groups is 5. The summed E-state index contributed by atoms with van der Waals surface area (Å²) in [6.45, 7) is 0.665. The first kappa shape index (κ1) is 27.0. The number of aliphatic hydroxyl groups is 1. The molecule has 1 amide bonds. The van der Waals surface area contributed by atoms with Crippen molar-refractivity contribution in [3.63, 3.8) is 0 Å². The van der Waals surface area contributed by atoms with Crippen LogP contribution in [0.5, 0.6) is 5.75 Å². The Morgan fingerprint density at radius 1 is 1.16 bits per heavy atom. The summed E-state index contributed by atoms with van der Waals surface area (Å²) in [5.41, 5.74) is 2.40. The summed E-state index contributed by atoms with van der Waals surface area (Å²) < 4.78 is 15.2. The number of primary amides is 1. The van der Waals surface area contributed by atoms with Gasteiger partial charge in [0, 0.05) is 11.5 Å². The highest BCUT2D eigenvalue weighted by Gasteiger charge is 2.69. The third-order valence-corrected chi connectivity index (χ3v) is 8.14. The second kappa shape index (κ2) is 9.38. The molecule has 2 saturated carbocycles. The van der Waals surface area contributed by atoms with Crippen LogP contribution in [0.4, 0.5) is 4.39 Å². The standard InChI is InChI=1S/C26H32FN3O7/c1-29(2)7-5-6-11-10-15(27)13-8-12-9-14-19(30(3)4)22(33)18(25(28)36)24(35)26(14,37)23(34)16(12)21(32)17(13)20(11)31/h10,12,14,16,18-19,31,37H,5-9H2,1-4H3,(H2,28,36)/t12-,14-,16?,18?,19-,26-/m0/s1. The molecule has 3 aliphatic rings. The van der Waals surface area contributed by atoms with Crippen LogP contribution in [0.1, 0.15) is 34.3 Å². The number of ketones is 4. The van der Waals surface area contributed by atoms with Gasteiger partial charge in [-0.05, 0) is 78.0 Å². The average molecular weight is 518 g/mol. The van der Waals surface area contributed by atoms with Gasteiger partial charge in [0.05, 0.1) is 17.5 Å². The van der Waals surface area contributed by atoms with Crippen molar-refractivity contribution in [2.24, 2.45) is 29.4 Å². The Bertz CT molecular complexity index is 1210. The van der Waals surface area contributed by atoms with Crippen molar-refractivity contribution in [1.29, 1.82) is 0 Å². The maximum atomic E-state index is 15.2. The van der Waals surface area contributed by atoms with Gasteiger partial charge in [-0.15, -0.1) is 0 Å². The summed E-state index contributed by atoms with van der Waals surface area (Å²) in [4.78, 5) is 69.1. The Morgan fingerprint density at radius 3 is 2.38 bits per heavy atom. The van der Waals surface area contributed by atoms with Gasteiger partial charge in [0.1, 0.15) is 11.6 Å². The lowest BCUT2D eigenvalue weighted by Crippen LogP contribution is -2.74. The Labute approximate surface area is 213 Å². The zero-order valence-electron chi connectivity index (χ0n) is 21.3. The number of aryl methyl sites for hydroxylation is 1. The quantitative estimate of drug-likeness (QED) is 0.423. The second-order valence-corrected chi connectivity index (χ2v) is 10.9. The summed E-state index contributed by atoms with van der Waals surface area (Å²) in [7, 11) is 6.75. The molecule has 10 nitrogen and oxygen atoms in total. The Kier molecular flexibility index (Phi) is 6.85. The van der Waals surface area contributed by atoms with Gasteiger partial charge >= 0.3 is 0 Å². The number of phenolic OH excluding ortho intramolecular Hbond substituents is 1. The Hall–Kier alpha value is -3.02. The monoisotopic (exact) mass is 517 g/mol. The lowest BCUT2D eigenvalue weighted by atomic mass is 9.52. The van der Waals surface area contributed by atoms with Crippen molar-refractivity contribution in [2.75, 3.05) is 34.7 Å². The molecule has 0 saturated heterocycles. The predicted molar refractivity (Wildman–Crippen MR) is 128 cm³/mol. The minimum atomic E-state index is -2.80. The number of fused-ring (bicyclic) bond motifs is 3. The zero-order chi connectivity index (χ0) is 27.6. The van der Waals surface area contributed by atoms with E-state index < -0.39 is 75.9 Å². The molecule has 4 N–H and O–H groups in total. The van der Waals surface area contributed by atoms with Crippen LogP contribution in [0.3, 0.4) is 0 Å². The van der Waals surface area contributed by atoms with Gasteiger partial charge in [0.2, 0.25) is 5.91 Å². The van der Waals surface area contributed by atoms with Gasteiger partial charge in [-0.2, -0.15) is 0 Å². The van der Waals surface area contributed by atoms with E-state index in [0.29, 0.717) is 19.4 Å². The molecule has 1 aromatic rings. The van der Waals surface area contributed by atoms with Gasteiger partial charge in [-0.1, -0.05) is 0 Å². The van der Waals surface area contributed by atoms with Crippen molar-refractivity contribution in [3.8, 4) is 5.75 Å². The van der Waals surface area contributed by atoms with E-state index in [9.17, 15) is 34.2 Å². The maximum Gasteiger partial charge on any atom is 0.235 e. The van der Waals surface area contributed by atoms with Gasteiger partial charge in [0.15, 0.2) is 34.7 Å². The van der Waals surface area contributed by atoms with Gasteiger partial charge in [-0.25, -0.2) is 4.39 Å². The van der Waals surface area contributed by atoms with E-state index >= 15 is 4.39 Å². The van der Waals surface area contributed by atoms with E-state index in [1.165, 1.54) is 25.1 Å². The number of nitrogens with zero attached hydrogens (tertiary/aromatic N) is 2. The summed E-state index contributed by atoms with van der Waals surface area (Å²) in [5, 5.41) is 22.5. The number of hydrogen-bond donors (Lipinski definition) is 3. The third-order valence-electron chi connectivity index (χ3n) is 8.14. The number of amides is 1. The number of rotatable bonds is 6. The number of carbonyl (C=O) groups excluding carboxylic acids is 5. The van der Waals surface area contributed by atoms with Crippen molar-refractivity contribution < 1.29 is 38.6 Å². The number of benzene rings is 1. The second-order valence-electron chi connectivity index (χ2n) is 10.9. The Morgan fingerprint density at radius 2 is 1.81 bits per heavy atom. The smallest absolute Gasteiger partial charge is 0.235 e. The van der Waals surface area contributed by atoms with Crippen LogP contribution in [-0.2, 0) is 32.0 Å². The van der Waals surface area contributed by atoms with Crippen molar-refractivity contribution >= 4 is 29.0 Å². The number of hydrogen-bond acceptors (Lipinski definition) is 9. The average Bonchev–Trinajstić information content (AvgIpc) is 2.78. The number of phenols is 1. The van der Waals surface area contributed by atoms with Crippen molar-refractivity contribution in [2.45, 2.75) is 37.3 Å². The predicted octanol–water partition coefficient (Wildman–Crippen LogP) is -0.500. The molecular weight excluding hydrogens is 485 g/mol. The van der Waals surface area contributed by atoms with E-state index in [0.717, 1.165) is 0 Å². The zero-order valence-corrected chi connectivity index (χ0v) is 21.3. The summed E-state index contributed by atoms with van der Waals surface area (Å²) in [6, 6.07) is 0.00512. The van der Waals surface area contributed by atoms with Crippen LogP contribution in [0.15, 0.2) is 6.07 Å². The van der Waals surface area contributed by atoms with Crippen LogP contribution in [0.2, 0.25) is 0 Å². The molecule has 11 heteroatoms. The number of nitrogens with two attached hydrogens (primary N) is 1.